The molecule has 162 valence electrons. The summed E-state index contributed by atoms with van der Waals surface area (Å²) in [5.74, 6) is 3.83. The number of anilines is 1. The van der Waals surface area contributed by atoms with Gasteiger partial charge in [0.15, 0.2) is 22.3 Å². The zero-order chi connectivity index (χ0) is 21.4. The molecular weight excluding hydrogens is 406 g/mol. The van der Waals surface area contributed by atoms with Crippen LogP contribution in [0.4, 0.5) is 5.82 Å². The van der Waals surface area contributed by atoms with Crippen LogP contribution in [0.25, 0.3) is 22.0 Å². The van der Waals surface area contributed by atoms with Gasteiger partial charge in [-0.15, -0.1) is 11.3 Å². The highest BCUT2D eigenvalue weighted by molar-refractivity contribution is 7.13. The number of hydrogen-bond acceptors (Lipinski definition) is 7. The molecule has 0 radical (unpaired) electrons. The zero-order valence-electron chi connectivity index (χ0n) is 18.2. The maximum absolute atomic E-state index is 9.52. The van der Waals surface area contributed by atoms with Gasteiger partial charge in [0.1, 0.15) is 11.6 Å². The highest BCUT2D eigenvalue weighted by atomic mass is 32.1. The molecule has 0 bridgehead atoms. The molecule has 3 aromatic rings. The Morgan fingerprint density at radius 2 is 2.00 bits per heavy atom. The highest BCUT2D eigenvalue weighted by Gasteiger charge is 2.28. The number of aromatic nitrogens is 5. The molecule has 2 fully saturated rings. The molecule has 3 aromatic heterocycles. The van der Waals surface area contributed by atoms with Gasteiger partial charge in [-0.05, 0) is 50.4 Å². The number of imidazole rings is 1. The lowest BCUT2D eigenvalue weighted by Gasteiger charge is -2.32. The smallest absolute Gasteiger partial charge is 0.236 e. The Hall–Kier alpha value is -2.53. The van der Waals surface area contributed by atoms with Gasteiger partial charge in [-0.3, -0.25) is 0 Å². The third-order valence-corrected chi connectivity index (χ3v) is 7.89. The first-order valence-corrected chi connectivity index (χ1v) is 12.3. The molecular formula is C23H29N7S. The van der Waals surface area contributed by atoms with Gasteiger partial charge in [0.05, 0.1) is 0 Å². The van der Waals surface area contributed by atoms with E-state index in [1.807, 2.05) is 11.6 Å². The minimum absolute atomic E-state index is 0.164. The van der Waals surface area contributed by atoms with Crippen LogP contribution in [-0.4, -0.2) is 30.5 Å². The Balaban J connectivity index is 1.60. The lowest BCUT2D eigenvalue weighted by molar-refractivity contribution is 0.267. The van der Waals surface area contributed by atoms with Crippen molar-refractivity contribution in [2.75, 3.05) is 5.32 Å². The van der Waals surface area contributed by atoms with Crippen LogP contribution in [0.3, 0.4) is 0 Å². The molecule has 0 saturated heterocycles. The summed E-state index contributed by atoms with van der Waals surface area (Å²) >= 11 is 1.59. The van der Waals surface area contributed by atoms with Crippen molar-refractivity contribution in [3.05, 3.63) is 17.4 Å². The second-order valence-electron chi connectivity index (χ2n) is 9.31. The van der Waals surface area contributed by atoms with Crippen molar-refractivity contribution < 1.29 is 0 Å². The number of rotatable bonds is 6. The van der Waals surface area contributed by atoms with Crippen LogP contribution in [0, 0.1) is 29.1 Å². The normalized spacial score (nSPS) is 22.7. The van der Waals surface area contributed by atoms with Gasteiger partial charge in [-0.1, -0.05) is 26.2 Å². The van der Waals surface area contributed by atoms with Crippen LogP contribution in [0.1, 0.15) is 64.6 Å². The van der Waals surface area contributed by atoms with E-state index in [4.69, 9.17) is 4.98 Å². The van der Waals surface area contributed by atoms with Crippen LogP contribution in [0.15, 0.2) is 11.6 Å². The summed E-state index contributed by atoms with van der Waals surface area (Å²) in [6.07, 6.45) is 10.6. The van der Waals surface area contributed by atoms with Gasteiger partial charge in [0.2, 0.25) is 5.82 Å². The third-order valence-electron chi connectivity index (χ3n) is 7.12. The van der Waals surface area contributed by atoms with E-state index in [1.165, 1.54) is 44.9 Å². The second kappa shape index (κ2) is 8.54. The second-order valence-corrected chi connectivity index (χ2v) is 10.2. The lowest BCUT2D eigenvalue weighted by atomic mass is 9.80. The molecule has 2 aliphatic carbocycles. The van der Waals surface area contributed by atoms with Crippen molar-refractivity contribution in [2.24, 2.45) is 17.8 Å². The first-order valence-electron chi connectivity index (χ1n) is 11.5. The zero-order valence-corrected chi connectivity index (χ0v) is 19.0. The summed E-state index contributed by atoms with van der Waals surface area (Å²) in [7, 11) is 0. The van der Waals surface area contributed by atoms with Crippen molar-refractivity contribution in [1.29, 1.82) is 5.26 Å². The number of fused-ring (bicyclic) bond motifs is 1. The number of nitriles is 1. The van der Waals surface area contributed by atoms with Crippen LogP contribution >= 0.6 is 11.3 Å². The highest BCUT2D eigenvalue weighted by Crippen LogP contribution is 2.36. The fraction of sp³-hybridized carbons (Fsp3) is 0.609. The summed E-state index contributed by atoms with van der Waals surface area (Å²) in [5.41, 5.74) is 1.50. The van der Waals surface area contributed by atoms with E-state index in [0.717, 1.165) is 34.6 Å². The first kappa shape index (κ1) is 20.4. The molecule has 0 aromatic carbocycles. The van der Waals surface area contributed by atoms with Crippen molar-refractivity contribution in [1.82, 2.24) is 24.5 Å². The minimum atomic E-state index is 0.164. The number of thiazole rings is 1. The molecule has 3 heterocycles. The molecule has 0 unspecified atom stereocenters. The maximum atomic E-state index is 9.52. The largest absolute Gasteiger partial charge is 0.365 e. The molecule has 5 rings (SSSR count). The summed E-state index contributed by atoms with van der Waals surface area (Å²) in [6.45, 7) is 5.46. The quantitative estimate of drug-likeness (QED) is 0.568. The topological polar surface area (TPSA) is 92.3 Å². The van der Waals surface area contributed by atoms with Crippen LogP contribution in [0.2, 0.25) is 0 Å². The van der Waals surface area contributed by atoms with Crippen molar-refractivity contribution in [3.63, 3.8) is 0 Å². The van der Waals surface area contributed by atoms with E-state index >= 15 is 0 Å². The van der Waals surface area contributed by atoms with Gasteiger partial charge in [0, 0.05) is 24.2 Å². The van der Waals surface area contributed by atoms with Crippen LogP contribution in [0.5, 0.6) is 0 Å². The third kappa shape index (κ3) is 4.03. The Kier molecular flexibility index (Phi) is 5.61. The number of nitrogens with zero attached hydrogens (tertiary/aromatic N) is 6. The summed E-state index contributed by atoms with van der Waals surface area (Å²) in [6, 6.07) is 2.42. The van der Waals surface area contributed by atoms with E-state index in [9.17, 15) is 5.26 Å². The molecule has 0 amide bonds. The Labute approximate surface area is 187 Å². The Morgan fingerprint density at radius 1 is 1.19 bits per heavy atom. The van der Waals surface area contributed by atoms with Crippen molar-refractivity contribution >= 4 is 28.3 Å². The first-order chi connectivity index (χ1) is 15.1. The van der Waals surface area contributed by atoms with Crippen molar-refractivity contribution in [3.8, 4) is 16.9 Å². The molecule has 0 aliphatic heterocycles. The van der Waals surface area contributed by atoms with E-state index in [0.29, 0.717) is 23.5 Å². The minimum Gasteiger partial charge on any atom is -0.365 e. The molecule has 2 saturated carbocycles. The number of hydrogen-bond donors (Lipinski definition) is 1. The molecule has 31 heavy (non-hydrogen) atoms. The van der Waals surface area contributed by atoms with Gasteiger partial charge in [-0.25, -0.2) is 9.97 Å². The molecule has 0 spiro atoms. The Morgan fingerprint density at radius 3 is 2.65 bits per heavy atom. The van der Waals surface area contributed by atoms with E-state index in [-0.39, 0.29) is 5.82 Å². The SMILES string of the molecule is CC1CCC(Cn2c(-c3nccs3)nc3nc(C#N)nc(N[C@H](C)C4CCC4)c32)CC1. The average molecular weight is 436 g/mol. The predicted molar refractivity (Wildman–Crippen MR) is 123 cm³/mol. The molecule has 1 atom stereocenters. The molecule has 1 N–H and O–H groups in total. The summed E-state index contributed by atoms with van der Waals surface area (Å²) in [5, 5.41) is 16.0. The molecule has 2 aliphatic rings. The van der Waals surface area contributed by atoms with Gasteiger partial charge >= 0.3 is 0 Å². The van der Waals surface area contributed by atoms with E-state index in [1.54, 1.807) is 11.3 Å². The average Bonchev–Trinajstić information content (AvgIpc) is 3.36. The van der Waals surface area contributed by atoms with E-state index < -0.39 is 0 Å². The predicted octanol–water partition coefficient (Wildman–Crippen LogP) is 5.25. The van der Waals surface area contributed by atoms with Gasteiger partial charge in [0.25, 0.3) is 0 Å². The number of nitrogens with one attached hydrogen (secondary N) is 1. The monoisotopic (exact) mass is 435 g/mol. The van der Waals surface area contributed by atoms with Crippen molar-refractivity contribution in [2.45, 2.75) is 71.4 Å². The fourth-order valence-electron chi connectivity index (χ4n) is 4.90. The molecule has 7 nitrogen and oxygen atoms in total. The van der Waals surface area contributed by atoms with Crippen LogP contribution in [-0.2, 0) is 6.54 Å². The maximum Gasteiger partial charge on any atom is 0.236 e. The summed E-state index contributed by atoms with van der Waals surface area (Å²) < 4.78 is 2.27. The van der Waals surface area contributed by atoms with Gasteiger partial charge in [-0.2, -0.15) is 15.2 Å². The van der Waals surface area contributed by atoms with E-state index in [2.05, 4.69) is 44.8 Å². The fourth-order valence-corrected chi connectivity index (χ4v) is 5.54. The van der Waals surface area contributed by atoms with Crippen LogP contribution < -0.4 is 5.32 Å². The Bertz CT molecular complexity index is 1090. The van der Waals surface area contributed by atoms with Gasteiger partial charge < -0.3 is 9.88 Å². The standard InChI is InChI=1S/C23H29N7S/c1-14-6-8-16(9-7-14)13-30-19-20(26-15(2)17-4-3-5-17)27-18(12-24)28-21(19)29-22(30)23-25-10-11-31-23/h10-11,14-17H,3-9,13H2,1-2H3,(H,26,27,28)/t14?,15-,16?/m1/s1. The molecule has 8 heteroatoms. The summed E-state index contributed by atoms with van der Waals surface area (Å²) in [4.78, 5) is 18.5. The lowest BCUT2D eigenvalue weighted by Crippen LogP contribution is -2.31.